The minimum atomic E-state index is -1.30. The fourth-order valence-corrected chi connectivity index (χ4v) is 5.23. The van der Waals surface area contributed by atoms with Crippen molar-refractivity contribution in [2.75, 3.05) is 0 Å². The second-order valence-corrected chi connectivity index (χ2v) is 9.72. The quantitative estimate of drug-likeness (QED) is 0.485. The minimum absolute atomic E-state index is 0.0260. The van der Waals surface area contributed by atoms with Crippen LogP contribution in [-0.4, -0.2) is 21.5 Å². The topological polar surface area (TPSA) is 77.1 Å². The van der Waals surface area contributed by atoms with Gasteiger partial charge in [-0.3, -0.25) is 9.78 Å². The molecule has 0 aliphatic heterocycles. The van der Waals surface area contributed by atoms with Gasteiger partial charge in [-0.15, -0.1) is 4.72 Å². The summed E-state index contributed by atoms with van der Waals surface area (Å²) in [6, 6.07) is 17.7. The van der Waals surface area contributed by atoms with Crippen molar-refractivity contribution in [1.29, 1.82) is 0 Å². The van der Waals surface area contributed by atoms with E-state index < -0.39 is 11.4 Å². The number of hydrogen-bond donors (Lipinski definition) is 2. The Bertz CT molecular complexity index is 1040. The van der Waals surface area contributed by atoms with Gasteiger partial charge in [-0.25, -0.2) is 4.39 Å². The Labute approximate surface area is 197 Å². The highest BCUT2D eigenvalue weighted by Gasteiger charge is 2.29. The average Bonchev–Trinajstić information content (AvgIpc) is 2.85. The number of aromatic nitrogens is 1. The van der Waals surface area contributed by atoms with Crippen molar-refractivity contribution < 1.29 is 13.7 Å². The Kier molecular flexibility index (Phi) is 7.75. The number of halogens is 1. The number of nitrogens with zero attached hydrogens (tertiary/aromatic N) is 1. The third kappa shape index (κ3) is 6.19. The summed E-state index contributed by atoms with van der Waals surface area (Å²) in [5.41, 5.74) is 3.01. The highest BCUT2D eigenvalue weighted by molar-refractivity contribution is 7.89. The van der Waals surface area contributed by atoms with E-state index >= 15 is 0 Å². The van der Waals surface area contributed by atoms with Gasteiger partial charge in [0.2, 0.25) is 5.91 Å². The zero-order valence-electron chi connectivity index (χ0n) is 18.5. The molecule has 1 fully saturated rings. The molecule has 1 saturated carbocycles. The van der Waals surface area contributed by atoms with Gasteiger partial charge in [0.05, 0.1) is 23.4 Å². The van der Waals surface area contributed by atoms with E-state index in [1.807, 2.05) is 43.3 Å². The summed E-state index contributed by atoms with van der Waals surface area (Å²) in [7, 11) is 0. The van der Waals surface area contributed by atoms with Crippen LogP contribution < -0.4 is 10.0 Å². The predicted molar refractivity (Wildman–Crippen MR) is 128 cm³/mol. The van der Waals surface area contributed by atoms with Gasteiger partial charge in [0.15, 0.2) is 4.90 Å². The van der Waals surface area contributed by atoms with E-state index in [0.717, 1.165) is 47.3 Å². The molecule has 2 aromatic carbocycles. The van der Waals surface area contributed by atoms with Crippen molar-refractivity contribution >= 4 is 17.3 Å². The van der Waals surface area contributed by atoms with Crippen LogP contribution >= 0.6 is 0 Å². The number of benzene rings is 2. The van der Waals surface area contributed by atoms with Gasteiger partial charge in [0, 0.05) is 18.3 Å². The molecule has 172 valence electrons. The molecule has 4 rings (SSSR count). The van der Waals surface area contributed by atoms with E-state index in [0.29, 0.717) is 0 Å². The Hall–Kier alpha value is -2.74. The third-order valence-corrected chi connectivity index (χ3v) is 7.43. The van der Waals surface area contributed by atoms with Crippen LogP contribution in [0, 0.1) is 11.7 Å². The number of pyridine rings is 1. The molecular weight excluding hydrogens is 437 g/mol. The maximum atomic E-state index is 13.1. The van der Waals surface area contributed by atoms with Crippen LogP contribution in [0.25, 0.3) is 11.1 Å². The lowest BCUT2D eigenvalue weighted by Crippen LogP contribution is -2.41. The van der Waals surface area contributed by atoms with Gasteiger partial charge in [-0.2, -0.15) is 0 Å². The number of nitrogens with one attached hydrogen (secondary N) is 2. The summed E-state index contributed by atoms with van der Waals surface area (Å²) < 4.78 is 29.1. The van der Waals surface area contributed by atoms with E-state index in [9.17, 15) is 13.7 Å². The van der Waals surface area contributed by atoms with Crippen molar-refractivity contribution in [1.82, 2.24) is 15.0 Å². The second-order valence-electron chi connectivity index (χ2n) is 8.48. The fourth-order valence-electron chi connectivity index (χ4n) is 4.17. The van der Waals surface area contributed by atoms with Gasteiger partial charge in [-0.05, 0) is 97.8 Å². The van der Waals surface area contributed by atoms with Crippen LogP contribution in [-0.2, 0) is 16.2 Å². The molecule has 33 heavy (non-hydrogen) atoms. The van der Waals surface area contributed by atoms with Crippen molar-refractivity contribution in [3.8, 4) is 11.1 Å². The van der Waals surface area contributed by atoms with E-state index in [1.165, 1.54) is 12.1 Å². The number of carbonyl (C=O) groups is 1. The normalized spacial score (nSPS) is 20.1. The first kappa shape index (κ1) is 23.4. The molecule has 1 heterocycles. The van der Waals surface area contributed by atoms with E-state index in [-0.39, 0.29) is 29.7 Å². The summed E-state index contributed by atoms with van der Waals surface area (Å²) in [5, 5.41) is 3.04. The molecule has 1 aliphatic rings. The summed E-state index contributed by atoms with van der Waals surface area (Å²) >= 11 is -1.30. The Morgan fingerprint density at radius 2 is 1.58 bits per heavy atom. The van der Waals surface area contributed by atoms with Crippen LogP contribution in [0.2, 0.25) is 0 Å². The number of carbonyl (C=O) groups excluding carboxylic acids is 1. The SMILES string of the molecule is C[C@@H](NC(=O)[C@H]1CC[C@H](N[S+]([O-])c2ccc(-c3ccncc3)cc2)CC1)c1ccc(F)cc1. The first-order chi connectivity index (χ1) is 16.0. The molecule has 5 nitrogen and oxygen atoms in total. The van der Waals surface area contributed by atoms with Gasteiger partial charge in [0.1, 0.15) is 5.82 Å². The summed E-state index contributed by atoms with van der Waals surface area (Å²) in [6.45, 7) is 1.90. The van der Waals surface area contributed by atoms with E-state index in [2.05, 4.69) is 15.0 Å². The monoisotopic (exact) mass is 465 g/mol. The predicted octanol–water partition coefficient (Wildman–Crippen LogP) is 4.94. The van der Waals surface area contributed by atoms with Crippen molar-refractivity contribution in [3.63, 3.8) is 0 Å². The first-order valence-electron chi connectivity index (χ1n) is 11.2. The van der Waals surface area contributed by atoms with Crippen molar-refractivity contribution in [3.05, 3.63) is 84.4 Å². The molecule has 1 aliphatic carbocycles. The van der Waals surface area contributed by atoms with Gasteiger partial charge in [-0.1, -0.05) is 12.1 Å². The summed E-state index contributed by atoms with van der Waals surface area (Å²) in [6.07, 6.45) is 6.59. The van der Waals surface area contributed by atoms with Crippen LogP contribution in [0.15, 0.2) is 78.0 Å². The summed E-state index contributed by atoms with van der Waals surface area (Å²) in [5.74, 6) is -0.317. The van der Waals surface area contributed by atoms with Crippen molar-refractivity contribution in [2.24, 2.45) is 5.92 Å². The maximum Gasteiger partial charge on any atom is 0.223 e. The van der Waals surface area contributed by atoms with Crippen LogP contribution in [0.3, 0.4) is 0 Å². The van der Waals surface area contributed by atoms with Gasteiger partial charge in [0.25, 0.3) is 0 Å². The lowest BCUT2D eigenvalue weighted by atomic mass is 9.85. The first-order valence-corrected chi connectivity index (χ1v) is 12.4. The standard InChI is InChI=1S/C26H28FN3O2S/c1-18(19-2-8-23(27)9-3-19)29-26(31)22-4-10-24(11-5-22)30-33(32)25-12-6-20(7-13-25)21-14-16-28-17-15-21/h2-3,6-9,12-18,22,24,30H,4-5,10-11H2,1H3,(H,29,31)/t18-,22-,24-,33?/m1/s1. The summed E-state index contributed by atoms with van der Waals surface area (Å²) in [4.78, 5) is 17.4. The smallest absolute Gasteiger partial charge is 0.223 e. The molecule has 0 radical (unpaired) electrons. The van der Waals surface area contributed by atoms with Gasteiger partial charge >= 0.3 is 0 Å². The molecule has 0 spiro atoms. The number of amides is 1. The highest BCUT2D eigenvalue weighted by atomic mass is 32.2. The van der Waals surface area contributed by atoms with Crippen molar-refractivity contribution in [2.45, 2.75) is 49.6 Å². The Morgan fingerprint density at radius 1 is 0.970 bits per heavy atom. The third-order valence-electron chi connectivity index (χ3n) is 6.18. The maximum absolute atomic E-state index is 13.1. The number of rotatable bonds is 7. The molecule has 2 atom stereocenters. The highest BCUT2D eigenvalue weighted by Crippen LogP contribution is 2.27. The zero-order chi connectivity index (χ0) is 23.2. The Balaban J connectivity index is 1.25. The molecule has 1 amide bonds. The van der Waals surface area contributed by atoms with E-state index in [1.54, 1.807) is 24.5 Å². The second kappa shape index (κ2) is 10.9. The van der Waals surface area contributed by atoms with E-state index in [4.69, 9.17) is 0 Å². The average molecular weight is 466 g/mol. The van der Waals surface area contributed by atoms with Crippen LogP contribution in [0.5, 0.6) is 0 Å². The number of hydrogen-bond acceptors (Lipinski definition) is 4. The largest absolute Gasteiger partial charge is 0.593 e. The van der Waals surface area contributed by atoms with Crippen LogP contribution in [0.4, 0.5) is 4.39 Å². The molecule has 3 aromatic rings. The minimum Gasteiger partial charge on any atom is -0.593 e. The molecule has 7 heteroatoms. The molecule has 1 unspecified atom stereocenters. The Morgan fingerprint density at radius 3 is 2.21 bits per heavy atom. The molecule has 0 saturated heterocycles. The zero-order valence-corrected chi connectivity index (χ0v) is 19.4. The molecule has 1 aromatic heterocycles. The molecular formula is C26H28FN3O2S. The lowest BCUT2D eigenvalue weighted by molar-refractivity contribution is -0.126. The lowest BCUT2D eigenvalue weighted by Gasteiger charge is -2.29. The molecule has 2 N–H and O–H groups in total. The van der Waals surface area contributed by atoms with Gasteiger partial charge < -0.3 is 9.87 Å². The molecule has 0 bridgehead atoms. The van der Waals surface area contributed by atoms with Crippen LogP contribution in [0.1, 0.15) is 44.2 Å². The fraction of sp³-hybridized carbons (Fsp3) is 0.308.